The Bertz CT molecular complexity index is 493. The lowest BCUT2D eigenvalue weighted by Crippen LogP contribution is -2.36. The number of hydrogen-bond acceptors (Lipinski definition) is 3. The van der Waals surface area contributed by atoms with Crippen LogP contribution in [0.25, 0.3) is 0 Å². The summed E-state index contributed by atoms with van der Waals surface area (Å²) < 4.78 is 5.39. The molecule has 1 aromatic carbocycles. The maximum atomic E-state index is 6.13. The summed E-state index contributed by atoms with van der Waals surface area (Å²) in [7, 11) is 2.05. The minimum absolute atomic E-state index is 0.0149. The van der Waals surface area contributed by atoms with Crippen molar-refractivity contribution in [1.82, 2.24) is 4.90 Å². The molecule has 0 fully saturated rings. The minimum Gasteiger partial charge on any atom is -0.468 e. The second-order valence-electron chi connectivity index (χ2n) is 4.85. The highest BCUT2D eigenvalue weighted by molar-refractivity contribution is 6.30. The Kier molecular flexibility index (Phi) is 4.64. The largest absolute Gasteiger partial charge is 0.468 e. The summed E-state index contributed by atoms with van der Waals surface area (Å²) in [5, 5.41) is 0.737. The molecule has 0 aliphatic rings. The first-order valence-corrected chi connectivity index (χ1v) is 6.69. The molecule has 0 aliphatic carbocycles. The Morgan fingerprint density at radius 3 is 2.47 bits per heavy atom. The van der Waals surface area contributed by atoms with Gasteiger partial charge in [0.05, 0.1) is 12.8 Å². The van der Waals surface area contributed by atoms with Gasteiger partial charge in [0.25, 0.3) is 0 Å². The molecule has 3 nitrogen and oxygen atoms in total. The maximum Gasteiger partial charge on any atom is 0.117 e. The van der Waals surface area contributed by atoms with Gasteiger partial charge in [-0.1, -0.05) is 23.7 Å². The molecule has 19 heavy (non-hydrogen) atoms. The van der Waals surface area contributed by atoms with Crippen LogP contribution in [0.3, 0.4) is 0 Å². The molecule has 4 heteroatoms. The van der Waals surface area contributed by atoms with Crippen molar-refractivity contribution in [2.24, 2.45) is 5.73 Å². The highest BCUT2D eigenvalue weighted by atomic mass is 35.5. The van der Waals surface area contributed by atoms with Crippen molar-refractivity contribution >= 4 is 11.6 Å². The number of halogens is 1. The Morgan fingerprint density at radius 1 is 1.26 bits per heavy atom. The van der Waals surface area contributed by atoms with Gasteiger partial charge in [0.15, 0.2) is 0 Å². The van der Waals surface area contributed by atoms with E-state index in [0.29, 0.717) is 0 Å². The number of hydrogen-bond donors (Lipinski definition) is 1. The third kappa shape index (κ3) is 3.60. The number of furan rings is 1. The molecule has 0 saturated heterocycles. The molecule has 2 N–H and O–H groups in total. The van der Waals surface area contributed by atoms with Crippen LogP contribution < -0.4 is 5.73 Å². The molecule has 0 aliphatic heterocycles. The van der Waals surface area contributed by atoms with E-state index in [1.807, 2.05) is 50.4 Å². The molecular weight excluding hydrogens is 260 g/mol. The van der Waals surface area contributed by atoms with Crippen LogP contribution in [0.15, 0.2) is 47.1 Å². The van der Waals surface area contributed by atoms with Crippen LogP contribution in [-0.2, 0) is 6.54 Å². The maximum absolute atomic E-state index is 6.13. The summed E-state index contributed by atoms with van der Waals surface area (Å²) in [6.45, 7) is 2.74. The van der Waals surface area contributed by atoms with Crippen molar-refractivity contribution in [3.05, 3.63) is 59.0 Å². The van der Waals surface area contributed by atoms with Crippen molar-refractivity contribution in [2.75, 3.05) is 7.05 Å². The highest BCUT2D eigenvalue weighted by Crippen LogP contribution is 2.25. The number of likely N-dealkylation sites (N-methyl/N-ethyl adjacent to an activating group) is 1. The summed E-state index contributed by atoms with van der Waals surface area (Å²) in [6.07, 6.45) is 1.69. The van der Waals surface area contributed by atoms with Crippen LogP contribution in [0.2, 0.25) is 5.02 Å². The van der Waals surface area contributed by atoms with Gasteiger partial charge in [0.1, 0.15) is 5.76 Å². The van der Waals surface area contributed by atoms with Gasteiger partial charge in [-0.15, -0.1) is 0 Å². The first kappa shape index (κ1) is 14.1. The molecule has 1 aromatic heterocycles. The molecule has 1 heterocycles. The van der Waals surface area contributed by atoms with Gasteiger partial charge in [-0.05, 0) is 43.8 Å². The van der Waals surface area contributed by atoms with E-state index in [4.69, 9.17) is 21.8 Å². The van der Waals surface area contributed by atoms with E-state index >= 15 is 0 Å². The highest BCUT2D eigenvalue weighted by Gasteiger charge is 2.21. The summed E-state index contributed by atoms with van der Waals surface area (Å²) in [4.78, 5) is 2.19. The monoisotopic (exact) mass is 278 g/mol. The lowest BCUT2D eigenvalue weighted by molar-refractivity contribution is 0.196. The summed E-state index contributed by atoms with van der Waals surface area (Å²) in [5.41, 5.74) is 7.29. The zero-order valence-electron chi connectivity index (χ0n) is 11.2. The predicted molar refractivity (Wildman–Crippen MR) is 78.0 cm³/mol. The Hall–Kier alpha value is -1.29. The van der Waals surface area contributed by atoms with Crippen molar-refractivity contribution in [2.45, 2.75) is 25.6 Å². The van der Waals surface area contributed by atoms with Crippen LogP contribution in [0.4, 0.5) is 0 Å². The molecule has 0 radical (unpaired) electrons. The average Bonchev–Trinajstić information content (AvgIpc) is 2.84. The zero-order chi connectivity index (χ0) is 13.8. The van der Waals surface area contributed by atoms with E-state index in [1.54, 1.807) is 6.26 Å². The van der Waals surface area contributed by atoms with Crippen molar-refractivity contribution in [1.29, 1.82) is 0 Å². The lowest BCUT2D eigenvalue weighted by atomic mass is 9.99. The topological polar surface area (TPSA) is 42.4 Å². The third-order valence-corrected chi connectivity index (χ3v) is 3.42. The normalized spacial score (nSPS) is 14.6. The molecule has 0 spiro atoms. The lowest BCUT2D eigenvalue weighted by Gasteiger charge is -2.31. The summed E-state index contributed by atoms with van der Waals surface area (Å²) >= 11 is 5.93. The molecule has 0 amide bonds. The fourth-order valence-electron chi connectivity index (χ4n) is 2.37. The number of benzene rings is 1. The minimum atomic E-state index is 0.0149. The smallest absolute Gasteiger partial charge is 0.117 e. The fraction of sp³-hybridized carbons (Fsp3) is 0.333. The van der Waals surface area contributed by atoms with Crippen molar-refractivity contribution < 1.29 is 4.42 Å². The van der Waals surface area contributed by atoms with E-state index < -0.39 is 0 Å². The van der Waals surface area contributed by atoms with Gasteiger partial charge >= 0.3 is 0 Å². The second kappa shape index (κ2) is 6.24. The van der Waals surface area contributed by atoms with Crippen molar-refractivity contribution in [3.63, 3.8) is 0 Å². The molecule has 0 saturated carbocycles. The van der Waals surface area contributed by atoms with Crippen LogP contribution in [0, 0.1) is 0 Å². The predicted octanol–water partition coefficient (Wildman–Crippen LogP) is 3.45. The molecule has 0 bridgehead atoms. The van der Waals surface area contributed by atoms with E-state index in [2.05, 4.69) is 4.90 Å². The summed E-state index contributed by atoms with van der Waals surface area (Å²) in [6, 6.07) is 11.8. The molecule has 2 atom stereocenters. The van der Waals surface area contributed by atoms with Gasteiger partial charge < -0.3 is 10.2 Å². The average molecular weight is 279 g/mol. The standard InChI is InChI=1S/C15H19ClN2O/c1-11(17)15(12-5-7-13(16)8-6-12)18(2)10-14-4-3-9-19-14/h3-9,11,15H,10,17H2,1-2H3. The van der Waals surface area contributed by atoms with E-state index in [9.17, 15) is 0 Å². The number of nitrogens with two attached hydrogens (primary N) is 1. The molecular formula is C15H19ClN2O. The first-order chi connectivity index (χ1) is 9.08. The second-order valence-corrected chi connectivity index (χ2v) is 5.29. The zero-order valence-corrected chi connectivity index (χ0v) is 12.0. The quantitative estimate of drug-likeness (QED) is 0.911. The Labute approximate surface area is 119 Å². The Morgan fingerprint density at radius 2 is 1.95 bits per heavy atom. The van der Waals surface area contributed by atoms with Crippen LogP contribution in [0.1, 0.15) is 24.3 Å². The molecule has 102 valence electrons. The van der Waals surface area contributed by atoms with Crippen molar-refractivity contribution in [3.8, 4) is 0 Å². The van der Waals surface area contributed by atoms with E-state index in [-0.39, 0.29) is 12.1 Å². The van der Waals surface area contributed by atoms with E-state index in [1.165, 1.54) is 0 Å². The van der Waals surface area contributed by atoms with Gasteiger partial charge in [-0.2, -0.15) is 0 Å². The number of rotatable bonds is 5. The molecule has 2 rings (SSSR count). The number of nitrogens with zero attached hydrogens (tertiary/aromatic N) is 1. The van der Waals surface area contributed by atoms with Gasteiger partial charge in [0.2, 0.25) is 0 Å². The SMILES string of the molecule is CC(N)C(c1ccc(Cl)cc1)N(C)Cc1ccco1. The van der Waals surface area contributed by atoms with Gasteiger partial charge in [0, 0.05) is 17.1 Å². The molecule has 2 unspecified atom stereocenters. The molecule has 2 aromatic rings. The van der Waals surface area contributed by atoms with Gasteiger partial charge in [-0.3, -0.25) is 4.90 Å². The fourth-order valence-corrected chi connectivity index (χ4v) is 2.49. The van der Waals surface area contributed by atoms with Crippen LogP contribution in [-0.4, -0.2) is 18.0 Å². The third-order valence-electron chi connectivity index (χ3n) is 3.17. The van der Waals surface area contributed by atoms with Gasteiger partial charge in [-0.25, -0.2) is 0 Å². The Balaban J connectivity index is 2.17. The summed E-state index contributed by atoms with van der Waals surface area (Å²) in [5.74, 6) is 0.933. The van der Waals surface area contributed by atoms with Crippen LogP contribution in [0.5, 0.6) is 0 Å². The first-order valence-electron chi connectivity index (χ1n) is 6.31. The van der Waals surface area contributed by atoms with E-state index in [0.717, 1.165) is 22.9 Å². The van der Waals surface area contributed by atoms with Crippen LogP contribution >= 0.6 is 11.6 Å².